The number of benzene rings is 4. The SMILES string of the molecule is C1=Cc2cc3ccc(cc4ccc(cc5nc(cc1n2)C=C5)[nH]4)[nH]3.O=S(=O)([O-])c1ccc(-c2c(-c3ccc(S(=O)(=O)[O-])cc3)c3c(-c4ccc(S(=O)(=O)[O-])cc4)c4nc(cc5ccc(cc6nc(cc2n3-c2ccc(S(=O)(=O)[O-])cc2)C=C6)[nH]5)C=C4)cc1.[Sn+4]. The molecule has 0 aliphatic carbocycles. The van der Waals surface area contributed by atoms with Crippen LogP contribution in [0.1, 0.15) is 45.6 Å². The number of nitrogens with zero attached hydrogens (tertiary/aromatic N) is 5. The van der Waals surface area contributed by atoms with Gasteiger partial charge < -0.3 is 37.7 Å². The molecule has 0 spiro atoms. The minimum atomic E-state index is -4.96. The Morgan fingerprint density at radius 1 is 0.303 bits per heavy atom. The minimum absolute atomic E-state index is 0. The molecule has 16 bridgehead atoms. The van der Waals surface area contributed by atoms with Gasteiger partial charge in [0.2, 0.25) is 0 Å². The first-order valence-corrected chi connectivity index (χ1v) is 32.1. The number of aromatic amines is 3. The maximum absolute atomic E-state index is 12.2. The zero-order chi connectivity index (χ0) is 61.3. The second kappa shape index (κ2) is 23.2. The molecular weight excluding hydrogens is 1320 g/mol. The average molecular weight is 1360 g/mol. The monoisotopic (exact) mass is 1360 g/mol. The number of aromatic nitrogens is 8. The van der Waals surface area contributed by atoms with E-state index in [4.69, 9.17) is 9.97 Å². The smallest absolute Gasteiger partial charge is 0.744 e. The molecule has 0 saturated carbocycles. The third-order valence-electron chi connectivity index (χ3n) is 14.4. The van der Waals surface area contributed by atoms with Crippen molar-refractivity contribution in [1.29, 1.82) is 0 Å². The van der Waals surface area contributed by atoms with Crippen LogP contribution in [-0.2, 0) is 40.5 Å². The molecule has 89 heavy (non-hydrogen) atoms. The summed E-state index contributed by atoms with van der Waals surface area (Å²) in [4.78, 5) is 26.9. The summed E-state index contributed by atoms with van der Waals surface area (Å²) in [5.41, 5.74) is 13.2. The Morgan fingerprint density at radius 2 is 0.596 bits per heavy atom. The molecule has 4 aliphatic rings. The quantitative estimate of drug-likeness (QED) is 0.0940. The van der Waals surface area contributed by atoms with Crippen LogP contribution in [0.5, 0.6) is 0 Å². The Hall–Kier alpha value is -9.48. The first-order valence-electron chi connectivity index (χ1n) is 26.5. The van der Waals surface area contributed by atoms with Gasteiger partial charge in [0.05, 0.1) is 76.2 Å². The van der Waals surface area contributed by atoms with Gasteiger partial charge in [-0.15, -0.1) is 0 Å². The molecule has 0 amide bonds. The van der Waals surface area contributed by atoms with Crippen LogP contribution in [0.2, 0.25) is 0 Å². The number of nitrogens with one attached hydrogen (secondary N) is 3. The molecule has 4 aromatic carbocycles. The second-order valence-corrected chi connectivity index (χ2v) is 25.9. The number of rotatable bonds is 8. The van der Waals surface area contributed by atoms with Crippen molar-refractivity contribution in [2.75, 3.05) is 0 Å². The largest absolute Gasteiger partial charge is 4.00 e. The fraction of sp³-hybridized carbons (Fsp3) is 0. The topological polar surface area (TPSA) is 333 Å². The van der Waals surface area contributed by atoms with Crippen LogP contribution in [0.15, 0.2) is 196 Å². The Morgan fingerprint density at radius 3 is 0.966 bits per heavy atom. The van der Waals surface area contributed by atoms with Crippen LogP contribution in [0.25, 0.3) is 132 Å². The maximum atomic E-state index is 12.2. The van der Waals surface area contributed by atoms with Crippen LogP contribution in [0.4, 0.5) is 0 Å². The van der Waals surface area contributed by atoms with E-state index in [2.05, 4.69) is 55.3 Å². The third-order valence-corrected chi connectivity index (χ3v) is 17.8. The molecule has 0 fully saturated rings. The molecule has 0 radical (unpaired) electrons. The van der Waals surface area contributed by atoms with Crippen molar-refractivity contribution in [3.05, 3.63) is 221 Å². The molecule has 14 rings (SSSR count). The van der Waals surface area contributed by atoms with E-state index >= 15 is 0 Å². The summed E-state index contributed by atoms with van der Waals surface area (Å²) < 4.78 is 148. The second-order valence-electron chi connectivity index (χ2n) is 20.3. The van der Waals surface area contributed by atoms with Crippen LogP contribution in [0, 0.1) is 0 Å². The molecule has 4 aliphatic heterocycles. The van der Waals surface area contributed by atoms with Gasteiger partial charge in [0, 0.05) is 55.5 Å². The average Bonchev–Trinajstić information content (AvgIpc) is 1.63. The summed E-state index contributed by atoms with van der Waals surface area (Å²) in [5, 5.41) is 0. The number of H-pyrrole nitrogens is 3. The molecule has 25 heteroatoms. The van der Waals surface area contributed by atoms with E-state index < -0.39 is 60.1 Å². The number of hydrogen-bond acceptors (Lipinski definition) is 16. The van der Waals surface area contributed by atoms with Crippen LogP contribution < -0.4 is 0 Å². The molecule has 6 aromatic heterocycles. The van der Waals surface area contributed by atoms with E-state index in [0.717, 1.165) is 93.4 Å². The first kappa shape index (κ1) is 59.8. The van der Waals surface area contributed by atoms with Gasteiger partial charge in [-0.25, -0.2) is 53.6 Å². The molecule has 0 atom stereocenters. The van der Waals surface area contributed by atoms with Crippen molar-refractivity contribution in [2.45, 2.75) is 19.6 Å². The van der Waals surface area contributed by atoms with Crippen LogP contribution >= 0.6 is 0 Å². The van der Waals surface area contributed by atoms with Gasteiger partial charge in [0.15, 0.2) is 0 Å². The van der Waals surface area contributed by atoms with Crippen molar-refractivity contribution in [3.63, 3.8) is 0 Å². The van der Waals surface area contributed by atoms with Crippen molar-refractivity contribution in [1.82, 2.24) is 39.5 Å². The van der Waals surface area contributed by atoms with Crippen molar-refractivity contribution in [2.24, 2.45) is 0 Å². The van der Waals surface area contributed by atoms with Crippen molar-refractivity contribution in [3.8, 4) is 39.1 Å². The Balaban J connectivity index is 0.000000255. The molecule has 436 valence electrons. The van der Waals surface area contributed by atoms with Gasteiger partial charge in [-0.1, -0.05) is 36.4 Å². The van der Waals surface area contributed by atoms with E-state index in [-0.39, 0.29) is 68.6 Å². The van der Waals surface area contributed by atoms with Gasteiger partial charge in [-0.05, 0) is 205 Å². The van der Waals surface area contributed by atoms with Gasteiger partial charge in [-0.3, -0.25) is 0 Å². The first-order chi connectivity index (χ1) is 42.0. The zero-order valence-electron chi connectivity index (χ0n) is 45.6. The summed E-state index contributed by atoms with van der Waals surface area (Å²) in [6.45, 7) is 0. The molecule has 0 unspecified atom stereocenters. The number of fused-ring (bicyclic) bond motifs is 16. The summed E-state index contributed by atoms with van der Waals surface area (Å²) in [5.74, 6) is 0. The van der Waals surface area contributed by atoms with Crippen LogP contribution in [-0.4, -0.2) is 115 Å². The molecule has 10 heterocycles. The molecule has 20 nitrogen and oxygen atoms in total. The Kier molecular flexibility index (Phi) is 15.6. The molecule has 0 saturated heterocycles. The summed E-state index contributed by atoms with van der Waals surface area (Å²) in [6, 6.07) is 45.1. The van der Waals surface area contributed by atoms with E-state index in [0.29, 0.717) is 39.2 Å². The van der Waals surface area contributed by atoms with E-state index in [1.54, 1.807) is 47.1 Å². The van der Waals surface area contributed by atoms with Gasteiger partial charge in [-0.2, -0.15) is 0 Å². The van der Waals surface area contributed by atoms with E-state index in [1.807, 2.05) is 54.6 Å². The molecular formula is C64H40N8O12S4Sn. The van der Waals surface area contributed by atoms with Crippen LogP contribution in [0.3, 0.4) is 0 Å². The Labute approximate surface area is 524 Å². The maximum Gasteiger partial charge on any atom is 4.00 e. The minimum Gasteiger partial charge on any atom is -0.744 e. The summed E-state index contributed by atoms with van der Waals surface area (Å²) >= 11 is 0. The zero-order valence-corrected chi connectivity index (χ0v) is 51.8. The Bertz CT molecular complexity index is 5460. The van der Waals surface area contributed by atoms with E-state index in [9.17, 15) is 51.9 Å². The fourth-order valence-corrected chi connectivity index (χ4v) is 12.4. The standard InChI is InChI=1S/C44H30N4O12S4.C20H14N4.Sn/c49-61(50,51)35-14-1-26(2-15-35)41-39-22-11-32(47-39)24-31-8-7-29(45-31)23-30-9-10-33(46-30)25-40-42(27-3-16-36(17-4-27)62(52,53)54)43(28-5-18-37(19-6-28)63(55,56)57)44(41)48(40)34-12-20-38(21-13-34)64(58,59)60;1-2-14-10-16-5-6-18(23-16)12-20-8-7-19(24-20)11-17-4-3-15(22-17)9-13(1)21-14;/h1-25,45H,(H,49,50,51)(H,52,53,54)(H,55,56,57)(H,58,59,60);1-12,21-22H;/q;;+4/p-4. The van der Waals surface area contributed by atoms with E-state index in [1.165, 1.54) is 48.5 Å². The predicted octanol–water partition coefficient (Wildman–Crippen LogP) is 11.0. The predicted molar refractivity (Wildman–Crippen MR) is 337 cm³/mol. The van der Waals surface area contributed by atoms with Gasteiger partial charge >= 0.3 is 23.9 Å². The van der Waals surface area contributed by atoms with Crippen molar-refractivity contribution >= 4 is 157 Å². The fourth-order valence-electron chi connectivity index (χ4n) is 10.5. The van der Waals surface area contributed by atoms with Gasteiger partial charge in [0.25, 0.3) is 0 Å². The normalized spacial score (nSPS) is 12.8. The molecule has 10 aromatic rings. The third kappa shape index (κ3) is 12.8. The number of hydrogen-bond donors (Lipinski definition) is 3. The van der Waals surface area contributed by atoms with Gasteiger partial charge in [0.1, 0.15) is 40.5 Å². The summed E-state index contributed by atoms with van der Waals surface area (Å²) in [6.07, 6.45) is 14.9. The molecule has 3 N–H and O–H groups in total. The van der Waals surface area contributed by atoms with Crippen molar-refractivity contribution < 1.29 is 51.9 Å². The summed E-state index contributed by atoms with van der Waals surface area (Å²) in [7, 11) is -19.8.